The molecule has 0 aliphatic carbocycles. The van der Waals surface area contributed by atoms with E-state index in [9.17, 15) is 4.79 Å². The van der Waals surface area contributed by atoms with Crippen LogP contribution in [-0.2, 0) is 11.3 Å². The summed E-state index contributed by atoms with van der Waals surface area (Å²) < 4.78 is 6.64. The minimum atomic E-state index is -0.402. The van der Waals surface area contributed by atoms with Gasteiger partial charge in [0.2, 0.25) is 0 Å². The van der Waals surface area contributed by atoms with Crippen molar-refractivity contribution in [2.24, 2.45) is 0 Å². The number of ether oxygens (including phenoxy) is 1. The second-order valence-electron chi connectivity index (χ2n) is 3.79. The molecule has 0 amide bonds. The van der Waals surface area contributed by atoms with E-state index in [0.717, 1.165) is 5.69 Å². The van der Waals surface area contributed by atoms with Crippen molar-refractivity contribution in [3.05, 3.63) is 17.5 Å². The first-order valence-electron chi connectivity index (χ1n) is 5.26. The van der Waals surface area contributed by atoms with Crippen LogP contribution < -0.4 is 5.32 Å². The predicted octanol–water partition coefficient (Wildman–Crippen LogP) is 1.29. The fourth-order valence-corrected chi connectivity index (χ4v) is 2.12. The summed E-state index contributed by atoms with van der Waals surface area (Å²) in [6.07, 6.45) is 0. The van der Waals surface area contributed by atoms with Gasteiger partial charge in [0.25, 0.3) is 0 Å². The van der Waals surface area contributed by atoms with E-state index in [1.807, 2.05) is 6.92 Å². The van der Waals surface area contributed by atoms with Gasteiger partial charge < -0.3 is 4.74 Å². The van der Waals surface area contributed by atoms with Crippen molar-refractivity contribution >= 4 is 17.6 Å². The van der Waals surface area contributed by atoms with Gasteiger partial charge in [-0.25, -0.2) is 4.79 Å². The van der Waals surface area contributed by atoms with Crippen LogP contribution >= 0.6 is 11.6 Å². The molecule has 0 spiro atoms. The Balaban J connectivity index is 2.26. The first-order chi connectivity index (χ1) is 7.61. The maximum atomic E-state index is 11.5. The molecule has 1 aromatic rings. The summed E-state index contributed by atoms with van der Waals surface area (Å²) in [6.45, 7) is 4.84. The van der Waals surface area contributed by atoms with Crippen LogP contribution in [0.2, 0.25) is 0 Å². The van der Waals surface area contributed by atoms with E-state index in [1.54, 1.807) is 17.7 Å². The quantitative estimate of drug-likeness (QED) is 0.483. The highest BCUT2D eigenvalue weighted by atomic mass is 35.5. The highest BCUT2D eigenvalue weighted by Crippen LogP contribution is 2.23. The lowest BCUT2D eigenvalue weighted by atomic mass is 10.2. The third-order valence-corrected chi connectivity index (χ3v) is 2.78. The first kappa shape index (κ1) is 11.4. The molecule has 2 atom stereocenters. The summed E-state index contributed by atoms with van der Waals surface area (Å²) in [6, 6.07) is 1.92. The molecule has 0 saturated heterocycles. The highest BCUT2D eigenvalue weighted by molar-refractivity contribution is 6.20. The Bertz CT molecular complexity index is 405. The minimum Gasteiger partial charge on any atom is -0.461 e. The Morgan fingerprint density at radius 2 is 2.56 bits per heavy atom. The molecular formula is C10H14ClN3O2. The lowest BCUT2D eigenvalue weighted by molar-refractivity contribution is 0.0518. The van der Waals surface area contributed by atoms with Crippen molar-refractivity contribution in [1.29, 1.82) is 0 Å². The molecular weight excluding hydrogens is 230 g/mol. The fourth-order valence-electron chi connectivity index (χ4n) is 1.73. The van der Waals surface area contributed by atoms with Crippen LogP contribution in [-0.4, -0.2) is 28.4 Å². The van der Waals surface area contributed by atoms with E-state index in [0.29, 0.717) is 18.8 Å². The smallest absolute Gasteiger partial charge is 0.358 e. The topological polar surface area (TPSA) is 56.2 Å². The Kier molecular flexibility index (Phi) is 3.16. The van der Waals surface area contributed by atoms with Gasteiger partial charge in [0.15, 0.2) is 5.69 Å². The summed E-state index contributed by atoms with van der Waals surface area (Å²) in [4.78, 5) is 11.5. The number of halogens is 1. The molecule has 88 valence electrons. The molecule has 2 unspecified atom stereocenters. The highest BCUT2D eigenvalue weighted by Gasteiger charge is 2.26. The second kappa shape index (κ2) is 4.43. The van der Waals surface area contributed by atoms with Gasteiger partial charge in [-0.15, -0.1) is 0 Å². The monoisotopic (exact) mass is 243 g/mol. The zero-order valence-corrected chi connectivity index (χ0v) is 9.99. The summed E-state index contributed by atoms with van der Waals surface area (Å²) in [5, 5.41) is 7.36. The standard InChI is InChI=1S/C10H14ClN3O2/c1-3-16-10(15)7-4-8-9(11)12-6(2)5-14(8)13-7/h4,6,9,12H,3,5H2,1-2H3. The maximum absolute atomic E-state index is 11.5. The zero-order chi connectivity index (χ0) is 11.7. The number of carbonyl (C=O) groups excluding carboxylic acids is 1. The number of hydrogen-bond donors (Lipinski definition) is 1. The average molecular weight is 244 g/mol. The molecule has 2 rings (SSSR count). The van der Waals surface area contributed by atoms with E-state index >= 15 is 0 Å². The molecule has 1 N–H and O–H groups in total. The number of aromatic nitrogens is 2. The number of hydrogen-bond acceptors (Lipinski definition) is 4. The molecule has 1 aromatic heterocycles. The number of nitrogens with one attached hydrogen (secondary N) is 1. The third kappa shape index (κ3) is 2.05. The van der Waals surface area contributed by atoms with Crippen LogP contribution in [0.15, 0.2) is 6.07 Å². The Labute approximate surface area is 98.7 Å². The van der Waals surface area contributed by atoms with Gasteiger partial charge in [0.1, 0.15) is 5.50 Å². The van der Waals surface area contributed by atoms with Crippen LogP contribution in [0.4, 0.5) is 0 Å². The minimum absolute atomic E-state index is 0.241. The van der Waals surface area contributed by atoms with Crippen LogP contribution in [0.3, 0.4) is 0 Å². The van der Waals surface area contributed by atoms with Gasteiger partial charge in [-0.2, -0.15) is 5.10 Å². The zero-order valence-electron chi connectivity index (χ0n) is 9.24. The molecule has 5 nitrogen and oxygen atoms in total. The van der Waals surface area contributed by atoms with Crippen LogP contribution in [0, 0.1) is 0 Å². The fraction of sp³-hybridized carbons (Fsp3) is 0.600. The van der Waals surface area contributed by atoms with Gasteiger partial charge in [-0.05, 0) is 19.9 Å². The summed E-state index contributed by atoms with van der Waals surface area (Å²) in [5.41, 5.74) is 0.820. The van der Waals surface area contributed by atoms with Crippen molar-refractivity contribution in [2.45, 2.75) is 31.9 Å². The SMILES string of the molecule is CCOC(=O)c1cc2n(n1)CC(C)NC2Cl. The summed E-state index contributed by atoms with van der Waals surface area (Å²) in [7, 11) is 0. The lowest BCUT2D eigenvalue weighted by Crippen LogP contribution is -2.38. The molecule has 0 saturated carbocycles. The van der Waals surface area contributed by atoms with E-state index < -0.39 is 5.97 Å². The number of rotatable bonds is 2. The summed E-state index contributed by atoms with van der Waals surface area (Å²) >= 11 is 6.11. The summed E-state index contributed by atoms with van der Waals surface area (Å²) in [5.74, 6) is -0.402. The molecule has 1 aliphatic rings. The lowest BCUT2D eigenvalue weighted by Gasteiger charge is -2.25. The van der Waals surface area contributed by atoms with Gasteiger partial charge >= 0.3 is 5.97 Å². The average Bonchev–Trinajstić information content (AvgIpc) is 2.62. The maximum Gasteiger partial charge on any atom is 0.358 e. The molecule has 0 fully saturated rings. The molecule has 0 aromatic carbocycles. The number of nitrogens with zero attached hydrogens (tertiary/aromatic N) is 2. The number of alkyl halides is 1. The van der Waals surface area contributed by atoms with E-state index in [1.165, 1.54) is 0 Å². The van der Waals surface area contributed by atoms with Crippen molar-refractivity contribution < 1.29 is 9.53 Å². The Morgan fingerprint density at radius 1 is 1.81 bits per heavy atom. The third-order valence-electron chi connectivity index (χ3n) is 2.43. The normalized spacial score (nSPS) is 23.9. The van der Waals surface area contributed by atoms with E-state index in [2.05, 4.69) is 10.4 Å². The van der Waals surface area contributed by atoms with Crippen molar-refractivity contribution in [3.8, 4) is 0 Å². The van der Waals surface area contributed by atoms with E-state index in [4.69, 9.17) is 16.3 Å². The molecule has 6 heteroatoms. The van der Waals surface area contributed by atoms with Crippen molar-refractivity contribution in [3.63, 3.8) is 0 Å². The molecule has 16 heavy (non-hydrogen) atoms. The molecule has 1 aliphatic heterocycles. The number of esters is 1. The molecule has 0 bridgehead atoms. The Morgan fingerprint density at radius 3 is 3.25 bits per heavy atom. The van der Waals surface area contributed by atoms with Gasteiger partial charge in [0, 0.05) is 6.04 Å². The molecule has 0 radical (unpaired) electrons. The van der Waals surface area contributed by atoms with E-state index in [-0.39, 0.29) is 11.5 Å². The number of carbonyl (C=O) groups is 1. The first-order valence-corrected chi connectivity index (χ1v) is 5.70. The van der Waals surface area contributed by atoms with Crippen LogP contribution in [0.1, 0.15) is 35.5 Å². The number of fused-ring (bicyclic) bond motifs is 1. The molecule has 2 heterocycles. The second-order valence-corrected chi connectivity index (χ2v) is 4.22. The van der Waals surface area contributed by atoms with Gasteiger partial charge in [0.05, 0.1) is 18.8 Å². The van der Waals surface area contributed by atoms with Crippen LogP contribution in [0.25, 0.3) is 0 Å². The van der Waals surface area contributed by atoms with Crippen molar-refractivity contribution in [1.82, 2.24) is 15.1 Å². The largest absolute Gasteiger partial charge is 0.461 e. The van der Waals surface area contributed by atoms with Crippen molar-refractivity contribution in [2.75, 3.05) is 6.61 Å². The Hall–Kier alpha value is -1.07. The predicted molar refractivity (Wildman–Crippen MR) is 59.4 cm³/mol. The van der Waals surface area contributed by atoms with Gasteiger partial charge in [-0.1, -0.05) is 11.6 Å². The van der Waals surface area contributed by atoms with Crippen LogP contribution in [0.5, 0.6) is 0 Å². The van der Waals surface area contributed by atoms with Gasteiger partial charge in [-0.3, -0.25) is 10.00 Å².